The average molecular weight is 442 g/mol. The van der Waals surface area contributed by atoms with E-state index in [2.05, 4.69) is 25.3 Å². The quantitative estimate of drug-likeness (QED) is 0.231. The van der Waals surface area contributed by atoms with Crippen molar-refractivity contribution >= 4 is 39.7 Å². The highest BCUT2D eigenvalue weighted by Gasteiger charge is 2.12. The van der Waals surface area contributed by atoms with Crippen LogP contribution in [0.5, 0.6) is 0 Å². The van der Waals surface area contributed by atoms with Crippen LogP contribution < -0.4 is 5.32 Å². The molecule has 0 unspecified atom stereocenters. The third-order valence-electron chi connectivity index (χ3n) is 5.31. The van der Waals surface area contributed by atoms with Crippen molar-refractivity contribution in [3.8, 4) is 0 Å². The molecule has 3 aromatic carbocycles. The third kappa shape index (κ3) is 4.53. The van der Waals surface area contributed by atoms with Crippen molar-refractivity contribution in [1.29, 1.82) is 0 Å². The number of thioether (sulfide) groups is 1. The molecule has 0 aliphatic carbocycles. The van der Waals surface area contributed by atoms with Gasteiger partial charge in [0.1, 0.15) is 5.82 Å². The van der Waals surface area contributed by atoms with Crippen molar-refractivity contribution in [2.75, 3.05) is 6.54 Å². The van der Waals surface area contributed by atoms with Gasteiger partial charge in [-0.2, -0.15) is 0 Å². The predicted molar refractivity (Wildman–Crippen MR) is 129 cm³/mol. The standard InChI is InChI=1S/C25H23N5OS/c31-24(26-15-7-14-23-27-19-10-3-4-11-20(19)28-23)18-9-2-1-8-17(18)16-32-25-29-21-12-5-6-13-22(21)30-25/h1-6,8-13H,7,14-16H2,(H,26,31)(H,27,28)(H,29,30). The number of H-pyrrole nitrogens is 2. The number of hydrogen-bond donors (Lipinski definition) is 3. The lowest BCUT2D eigenvalue weighted by atomic mass is 10.1. The molecule has 0 bridgehead atoms. The lowest BCUT2D eigenvalue weighted by molar-refractivity contribution is 0.0952. The number of carbonyl (C=O) groups excluding carboxylic acids is 1. The Bertz CT molecular complexity index is 1310. The molecule has 0 fully saturated rings. The van der Waals surface area contributed by atoms with Gasteiger partial charge in [0.25, 0.3) is 5.91 Å². The van der Waals surface area contributed by atoms with Crippen LogP contribution >= 0.6 is 11.8 Å². The summed E-state index contributed by atoms with van der Waals surface area (Å²) in [5, 5.41) is 3.90. The number of benzene rings is 3. The minimum absolute atomic E-state index is 0.0459. The van der Waals surface area contributed by atoms with Gasteiger partial charge in [-0.3, -0.25) is 4.79 Å². The zero-order valence-electron chi connectivity index (χ0n) is 17.5. The van der Waals surface area contributed by atoms with Crippen molar-refractivity contribution < 1.29 is 4.79 Å². The number of rotatable bonds is 8. The van der Waals surface area contributed by atoms with Crippen LogP contribution in [0.15, 0.2) is 78.0 Å². The van der Waals surface area contributed by atoms with Crippen molar-refractivity contribution in [2.24, 2.45) is 0 Å². The number of nitrogens with zero attached hydrogens (tertiary/aromatic N) is 2. The zero-order chi connectivity index (χ0) is 21.8. The number of fused-ring (bicyclic) bond motifs is 2. The average Bonchev–Trinajstić information content (AvgIpc) is 3.44. The first-order chi connectivity index (χ1) is 15.8. The zero-order valence-corrected chi connectivity index (χ0v) is 18.3. The maximum atomic E-state index is 12.8. The number of aryl methyl sites for hydroxylation is 1. The molecule has 7 heteroatoms. The Balaban J connectivity index is 1.16. The van der Waals surface area contributed by atoms with Crippen LogP contribution in [0.4, 0.5) is 0 Å². The summed E-state index contributed by atoms with van der Waals surface area (Å²) in [5.41, 5.74) is 5.69. The van der Waals surface area contributed by atoms with Crippen LogP contribution in [0.3, 0.4) is 0 Å². The summed E-state index contributed by atoms with van der Waals surface area (Å²) < 4.78 is 0. The molecule has 0 atom stereocenters. The van der Waals surface area contributed by atoms with E-state index in [1.807, 2.05) is 72.8 Å². The van der Waals surface area contributed by atoms with Crippen LogP contribution in [0.1, 0.15) is 28.2 Å². The number of aromatic nitrogens is 4. The highest BCUT2D eigenvalue weighted by atomic mass is 32.2. The molecule has 0 spiro atoms. The van der Waals surface area contributed by atoms with E-state index in [9.17, 15) is 4.79 Å². The maximum Gasteiger partial charge on any atom is 0.251 e. The molecule has 5 aromatic rings. The number of carbonyl (C=O) groups is 1. The summed E-state index contributed by atoms with van der Waals surface area (Å²) in [4.78, 5) is 28.7. The predicted octanol–water partition coefficient (Wildman–Crippen LogP) is 5.09. The second-order valence-corrected chi connectivity index (χ2v) is 8.53. The molecule has 32 heavy (non-hydrogen) atoms. The summed E-state index contributed by atoms with van der Waals surface area (Å²) >= 11 is 1.60. The van der Waals surface area contributed by atoms with Crippen molar-refractivity contribution in [1.82, 2.24) is 25.3 Å². The van der Waals surface area contributed by atoms with Crippen molar-refractivity contribution in [3.63, 3.8) is 0 Å². The number of nitrogens with one attached hydrogen (secondary N) is 3. The fraction of sp³-hybridized carbons (Fsp3) is 0.160. The molecule has 0 aliphatic rings. The molecule has 5 rings (SSSR count). The van der Waals surface area contributed by atoms with Crippen LogP contribution in [0, 0.1) is 0 Å². The Morgan fingerprint density at radius 2 is 1.53 bits per heavy atom. The Morgan fingerprint density at radius 1 is 0.844 bits per heavy atom. The summed E-state index contributed by atoms with van der Waals surface area (Å²) in [6, 6.07) is 23.7. The Hall–Kier alpha value is -3.58. The molecule has 6 nitrogen and oxygen atoms in total. The minimum Gasteiger partial charge on any atom is -0.352 e. The number of para-hydroxylation sites is 4. The minimum atomic E-state index is -0.0459. The van der Waals surface area contributed by atoms with Gasteiger partial charge in [0.15, 0.2) is 5.16 Å². The smallest absolute Gasteiger partial charge is 0.251 e. The molecule has 160 valence electrons. The molecule has 2 heterocycles. The second-order valence-electron chi connectivity index (χ2n) is 7.57. The van der Waals surface area contributed by atoms with Gasteiger partial charge in [-0.05, 0) is 42.3 Å². The van der Waals surface area contributed by atoms with Gasteiger partial charge < -0.3 is 15.3 Å². The van der Waals surface area contributed by atoms with Gasteiger partial charge in [0.05, 0.1) is 22.1 Å². The first kappa shape index (κ1) is 20.3. The summed E-state index contributed by atoms with van der Waals surface area (Å²) in [5.74, 6) is 1.57. The van der Waals surface area contributed by atoms with Gasteiger partial charge in [-0.1, -0.05) is 54.2 Å². The van der Waals surface area contributed by atoms with E-state index < -0.39 is 0 Å². The number of aromatic amines is 2. The lowest BCUT2D eigenvalue weighted by Crippen LogP contribution is -2.25. The molecule has 2 aromatic heterocycles. The summed E-state index contributed by atoms with van der Waals surface area (Å²) in [6.07, 6.45) is 1.61. The first-order valence-electron chi connectivity index (χ1n) is 10.6. The van der Waals surface area contributed by atoms with Gasteiger partial charge in [0.2, 0.25) is 0 Å². The molecule has 0 radical (unpaired) electrons. The van der Waals surface area contributed by atoms with Crippen LogP contribution in [-0.2, 0) is 12.2 Å². The highest BCUT2D eigenvalue weighted by Crippen LogP contribution is 2.24. The SMILES string of the molecule is O=C(NCCCc1nc2ccccc2[nH]1)c1ccccc1CSc1nc2ccccc2[nH]1. The molecule has 3 N–H and O–H groups in total. The van der Waals surface area contributed by atoms with E-state index in [1.54, 1.807) is 11.8 Å². The van der Waals surface area contributed by atoms with E-state index in [4.69, 9.17) is 0 Å². The van der Waals surface area contributed by atoms with E-state index >= 15 is 0 Å². The van der Waals surface area contributed by atoms with Gasteiger partial charge in [-0.25, -0.2) is 9.97 Å². The molecular weight excluding hydrogens is 418 g/mol. The largest absolute Gasteiger partial charge is 0.352 e. The van der Waals surface area contributed by atoms with Gasteiger partial charge >= 0.3 is 0 Å². The van der Waals surface area contributed by atoms with E-state index in [1.165, 1.54) is 0 Å². The molecule has 0 aliphatic heterocycles. The maximum absolute atomic E-state index is 12.8. The normalized spacial score (nSPS) is 11.2. The van der Waals surface area contributed by atoms with Gasteiger partial charge in [0, 0.05) is 24.3 Å². The van der Waals surface area contributed by atoms with E-state index in [-0.39, 0.29) is 5.91 Å². The number of amides is 1. The summed E-state index contributed by atoms with van der Waals surface area (Å²) in [7, 11) is 0. The Kier molecular flexibility index (Phi) is 5.89. The summed E-state index contributed by atoms with van der Waals surface area (Å²) in [6.45, 7) is 0.598. The van der Waals surface area contributed by atoms with E-state index in [0.717, 1.165) is 51.5 Å². The number of hydrogen-bond acceptors (Lipinski definition) is 4. The molecule has 0 saturated carbocycles. The Labute approximate surface area is 189 Å². The number of imidazole rings is 2. The molecular formula is C25H23N5OS. The third-order valence-corrected chi connectivity index (χ3v) is 6.23. The van der Waals surface area contributed by atoms with Gasteiger partial charge in [-0.15, -0.1) is 0 Å². The van der Waals surface area contributed by atoms with Crippen molar-refractivity contribution in [2.45, 2.75) is 23.8 Å². The second kappa shape index (κ2) is 9.28. The Morgan fingerprint density at radius 3 is 2.31 bits per heavy atom. The molecule has 1 amide bonds. The van der Waals surface area contributed by atoms with Crippen LogP contribution in [0.25, 0.3) is 22.1 Å². The van der Waals surface area contributed by atoms with Crippen molar-refractivity contribution in [3.05, 3.63) is 89.7 Å². The fourth-order valence-electron chi connectivity index (χ4n) is 3.69. The topological polar surface area (TPSA) is 86.5 Å². The van der Waals surface area contributed by atoms with E-state index in [0.29, 0.717) is 17.9 Å². The highest BCUT2D eigenvalue weighted by molar-refractivity contribution is 7.98. The van der Waals surface area contributed by atoms with Crippen LogP contribution in [0.2, 0.25) is 0 Å². The molecule has 0 saturated heterocycles. The lowest BCUT2D eigenvalue weighted by Gasteiger charge is -2.09. The first-order valence-corrected chi connectivity index (χ1v) is 11.6. The van der Waals surface area contributed by atoms with Crippen LogP contribution in [-0.4, -0.2) is 32.4 Å². The fourth-order valence-corrected chi connectivity index (χ4v) is 4.58. The monoisotopic (exact) mass is 441 g/mol.